The quantitative estimate of drug-likeness (QED) is 0.505. The number of carbonyl (C=O) groups excluding carboxylic acids is 2. The average molecular weight is 450 g/mol. The van der Waals surface area contributed by atoms with Crippen LogP contribution in [0.3, 0.4) is 0 Å². The molecule has 3 N–H and O–H groups in total. The van der Waals surface area contributed by atoms with Gasteiger partial charge in [-0.05, 0) is 31.4 Å². The van der Waals surface area contributed by atoms with Gasteiger partial charge in [0.1, 0.15) is 23.2 Å². The van der Waals surface area contributed by atoms with Crippen molar-refractivity contribution >= 4 is 34.8 Å². The Bertz CT molecular complexity index is 1180. The van der Waals surface area contributed by atoms with E-state index in [-0.39, 0.29) is 24.0 Å². The fourth-order valence-electron chi connectivity index (χ4n) is 4.39. The van der Waals surface area contributed by atoms with E-state index in [9.17, 15) is 9.59 Å². The number of carbonyl (C=O) groups is 2. The molecule has 2 aliphatic rings. The molecular formula is C23H27N7O3. The lowest BCUT2D eigenvalue weighted by Crippen LogP contribution is -2.51. The number of hydrogen-bond donors (Lipinski definition) is 3. The number of benzene rings is 1. The third-order valence-electron chi connectivity index (χ3n) is 6.40. The fraction of sp³-hybridized carbons (Fsp3) is 0.391. The molecule has 1 aliphatic heterocycles. The molecule has 2 fully saturated rings. The minimum atomic E-state index is -0.400. The molecule has 1 aromatic carbocycles. The zero-order chi connectivity index (χ0) is 22.9. The van der Waals surface area contributed by atoms with Gasteiger partial charge in [0.05, 0.1) is 18.3 Å². The van der Waals surface area contributed by atoms with E-state index in [1.54, 1.807) is 29.6 Å². The van der Waals surface area contributed by atoms with Crippen molar-refractivity contribution < 1.29 is 14.3 Å². The topological polar surface area (TPSA) is 113 Å². The van der Waals surface area contributed by atoms with E-state index < -0.39 is 6.04 Å². The van der Waals surface area contributed by atoms with Gasteiger partial charge >= 0.3 is 0 Å². The average Bonchev–Trinajstić information content (AvgIpc) is 3.41. The van der Waals surface area contributed by atoms with E-state index in [4.69, 9.17) is 4.74 Å². The summed E-state index contributed by atoms with van der Waals surface area (Å²) in [7, 11) is 3.43. The van der Waals surface area contributed by atoms with E-state index in [1.807, 2.05) is 30.3 Å². The van der Waals surface area contributed by atoms with Gasteiger partial charge in [-0.25, -0.2) is 4.98 Å². The molecule has 1 saturated carbocycles. The molecular weight excluding hydrogens is 422 g/mol. The highest BCUT2D eigenvalue weighted by atomic mass is 16.5. The summed E-state index contributed by atoms with van der Waals surface area (Å²) in [5, 5.41) is 13.7. The van der Waals surface area contributed by atoms with E-state index >= 15 is 0 Å². The van der Waals surface area contributed by atoms with Gasteiger partial charge in [0.2, 0.25) is 5.91 Å². The monoisotopic (exact) mass is 449 g/mol. The van der Waals surface area contributed by atoms with E-state index in [1.165, 1.54) is 6.20 Å². The van der Waals surface area contributed by atoms with Gasteiger partial charge in [0.25, 0.3) is 5.91 Å². The minimum Gasteiger partial charge on any atom is -0.379 e. The predicted molar refractivity (Wildman–Crippen MR) is 125 cm³/mol. The smallest absolute Gasteiger partial charge is 0.257 e. The summed E-state index contributed by atoms with van der Waals surface area (Å²) in [5.41, 5.74) is 1.67. The number of nitrogens with one attached hydrogen (secondary N) is 3. The zero-order valence-electron chi connectivity index (χ0n) is 18.6. The highest BCUT2D eigenvalue weighted by Crippen LogP contribution is 2.26. The molecule has 33 heavy (non-hydrogen) atoms. The number of ether oxygens (including phenoxy) is 1. The van der Waals surface area contributed by atoms with Crippen LogP contribution in [0.5, 0.6) is 0 Å². The van der Waals surface area contributed by atoms with E-state index in [0.29, 0.717) is 35.8 Å². The summed E-state index contributed by atoms with van der Waals surface area (Å²) in [6.07, 6.45) is 4.02. The van der Waals surface area contributed by atoms with Crippen LogP contribution in [0, 0.1) is 0 Å². The third-order valence-corrected chi connectivity index (χ3v) is 6.40. The number of aromatic nitrogens is 3. The Morgan fingerprint density at radius 2 is 2.00 bits per heavy atom. The molecule has 0 radical (unpaired) electrons. The molecule has 172 valence electrons. The van der Waals surface area contributed by atoms with Gasteiger partial charge in [0.15, 0.2) is 5.65 Å². The van der Waals surface area contributed by atoms with Crippen LogP contribution in [0.25, 0.3) is 5.65 Å². The maximum Gasteiger partial charge on any atom is 0.257 e. The summed E-state index contributed by atoms with van der Waals surface area (Å²) in [6.45, 7) is 0.629. The standard InChI is InChI=1S/C23H27N7O3/c1-24-20-12-19(26-17-10-11-29(23(17)32)14-6-4-3-5-7-14)28-21-15(13-25-30(20)21)22(31)27-16-8-9-18(16)33-2/h3-7,12-13,16-18,24H,8-11H2,1-2H3,(H,26,28)(H,27,31)/t16-,17?,18-/m1/s1. The SMILES string of the molecule is CNc1cc(NC2CCN(c3ccccc3)C2=O)nc2c(C(=O)N[C@@H]3CC[C@H]3OC)cnn12. The summed E-state index contributed by atoms with van der Waals surface area (Å²) < 4.78 is 6.96. The third kappa shape index (κ3) is 3.86. The predicted octanol–water partition coefficient (Wildman–Crippen LogP) is 1.90. The number of methoxy groups -OCH3 is 1. The summed E-state index contributed by atoms with van der Waals surface area (Å²) in [4.78, 5) is 32.3. The van der Waals surface area contributed by atoms with Crippen molar-refractivity contribution in [2.45, 2.75) is 37.5 Å². The Balaban J connectivity index is 1.38. The lowest BCUT2D eigenvalue weighted by molar-refractivity contribution is -0.117. The molecule has 2 amide bonds. The second kappa shape index (κ2) is 8.70. The number of hydrogen-bond acceptors (Lipinski definition) is 7. The molecule has 1 saturated heterocycles. The fourth-order valence-corrected chi connectivity index (χ4v) is 4.39. The Hall–Kier alpha value is -3.66. The van der Waals surface area contributed by atoms with Crippen LogP contribution in [-0.2, 0) is 9.53 Å². The maximum absolute atomic E-state index is 13.0. The molecule has 3 atom stereocenters. The highest BCUT2D eigenvalue weighted by Gasteiger charge is 2.34. The molecule has 0 bridgehead atoms. The largest absolute Gasteiger partial charge is 0.379 e. The number of para-hydroxylation sites is 1. The van der Waals surface area contributed by atoms with Crippen molar-refractivity contribution in [1.82, 2.24) is 19.9 Å². The Kier molecular flexibility index (Phi) is 5.59. The van der Waals surface area contributed by atoms with E-state index in [2.05, 4.69) is 26.0 Å². The van der Waals surface area contributed by atoms with Crippen molar-refractivity contribution in [3.8, 4) is 0 Å². The summed E-state index contributed by atoms with van der Waals surface area (Å²) >= 11 is 0. The Labute approximate surface area is 191 Å². The molecule has 0 spiro atoms. The first-order valence-electron chi connectivity index (χ1n) is 11.1. The van der Waals surface area contributed by atoms with Crippen molar-refractivity contribution in [1.29, 1.82) is 0 Å². The first-order chi connectivity index (χ1) is 16.1. The highest BCUT2D eigenvalue weighted by molar-refractivity contribution is 6.02. The number of anilines is 3. The number of amides is 2. The van der Waals surface area contributed by atoms with Crippen LogP contribution >= 0.6 is 0 Å². The molecule has 2 aromatic heterocycles. The summed E-state index contributed by atoms with van der Waals surface area (Å²) in [5.74, 6) is 0.921. The lowest BCUT2D eigenvalue weighted by Gasteiger charge is -2.35. The van der Waals surface area contributed by atoms with Gasteiger partial charge in [-0.2, -0.15) is 9.61 Å². The van der Waals surface area contributed by atoms with Gasteiger partial charge in [-0.15, -0.1) is 0 Å². The van der Waals surface area contributed by atoms with Crippen LogP contribution in [0.15, 0.2) is 42.6 Å². The number of nitrogens with zero attached hydrogens (tertiary/aromatic N) is 4. The second-order valence-corrected chi connectivity index (χ2v) is 8.31. The van der Waals surface area contributed by atoms with Crippen molar-refractivity contribution in [3.05, 3.63) is 48.2 Å². The lowest BCUT2D eigenvalue weighted by atomic mass is 9.89. The second-order valence-electron chi connectivity index (χ2n) is 8.31. The molecule has 1 aliphatic carbocycles. The van der Waals surface area contributed by atoms with Gasteiger partial charge in [-0.1, -0.05) is 18.2 Å². The van der Waals surface area contributed by atoms with Crippen LogP contribution in [0.2, 0.25) is 0 Å². The normalized spacial score (nSPS) is 22.3. The molecule has 10 nitrogen and oxygen atoms in total. The van der Waals surface area contributed by atoms with Crippen LogP contribution in [0.4, 0.5) is 17.3 Å². The zero-order valence-corrected chi connectivity index (χ0v) is 18.6. The Morgan fingerprint density at radius 1 is 1.18 bits per heavy atom. The van der Waals surface area contributed by atoms with Crippen LogP contribution in [-0.4, -0.2) is 65.3 Å². The van der Waals surface area contributed by atoms with Gasteiger partial charge in [-0.3, -0.25) is 9.59 Å². The molecule has 3 aromatic rings. The van der Waals surface area contributed by atoms with Crippen molar-refractivity contribution in [2.24, 2.45) is 0 Å². The first-order valence-corrected chi connectivity index (χ1v) is 11.1. The van der Waals surface area contributed by atoms with Crippen molar-refractivity contribution in [3.63, 3.8) is 0 Å². The maximum atomic E-state index is 13.0. The molecule has 1 unspecified atom stereocenters. The Morgan fingerprint density at radius 3 is 2.70 bits per heavy atom. The van der Waals surface area contributed by atoms with Crippen LogP contribution < -0.4 is 20.9 Å². The van der Waals surface area contributed by atoms with Gasteiger partial charge in [0, 0.05) is 32.5 Å². The molecule has 3 heterocycles. The summed E-state index contributed by atoms with van der Waals surface area (Å²) in [6, 6.07) is 11.0. The molecule has 5 rings (SSSR count). The molecule has 10 heteroatoms. The van der Waals surface area contributed by atoms with Crippen molar-refractivity contribution in [2.75, 3.05) is 36.2 Å². The van der Waals surface area contributed by atoms with Gasteiger partial charge < -0.3 is 25.6 Å². The number of rotatable bonds is 7. The first kappa shape index (κ1) is 21.2. The van der Waals surface area contributed by atoms with E-state index in [0.717, 1.165) is 18.5 Å². The minimum absolute atomic E-state index is 0.00375. The number of fused-ring (bicyclic) bond motifs is 1. The van der Waals surface area contributed by atoms with Crippen LogP contribution in [0.1, 0.15) is 29.6 Å².